The normalized spacial score (nSPS) is 10.9. The molecule has 2 aromatic heterocycles. The van der Waals surface area contributed by atoms with Gasteiger partial charge in [-0.3, -0.25) is 9.36 Å². The molecule has 2 aromatic carbocycles. The Hall–Kier alpha value is -4.20. The summed E-state index contributed by atoms with van der Waals surface area (Å²) in [4.78, 5) is 33.1. The van der Waals surface area contributed by atoms with Gasteiger partial charge in [-0.05, 0) is 29.8 Å². The van der Waals surface area contributed by atoms with E-state index >= 15 is 0 Å². The van der Waals surface area contributed by atoms with Crippen molar-refractivity contribution in [2.45, 2.75) is 0 Å². The number of hydrogen-bond donors (Lipinski definition) is 2. The summed E-state index contributed by atoms with van der Waals surface area (Å²) < 4.78 is 1.58. The molecule has 4 rings (SSSR count). The highest BCUT2D eigenvalue weighted by Gasteiger charge is 2.24. The Morgan fingerprint density at radius 1 is 1.10 bits per heavy atom. The van der Waals surface area contributed by atoms with Crippen molar-refractivity contribution in [3.63, 3.8) is 0 Å². The molecule has 0 unspecified atom stereocenters. The molecule has 0 aliphatic carbocycles. The monoisotopic (exact) mass is 386 g/mol. The number of fused-ring (bicyclic) bond motifs is 2. The molecule has 144 valence electrons. The zero-order chi connectivity index (χ0) is 20.5. The first-order chi connectivity index (χ1) is 14.0. The van der Waals surface area contributed by atoms with E-state index < -0.39 is 11.9 Å². The second-order valence-electron chi connectivity index (χ2n) is 6.31. The van der Waals surface area contributed by atoms with E-state index in [4.69, 9.17) is 5.73 Å². The number of amides is 1. The molecular formula is C21H16N5O3-. The number of aromatic nitrogens is 3. The first kappa shape index (κ1) is 18.2. The molecule has 2 heterocycles. The summed E-state index contributed by atoms with van der Waals surface area (Å²) in [6, 6.07) is 13.2. The zero-order valence-electron chi connectivity index (χ0n) is 15.3. The minimum atomic E-state index is -1.28. The maximum Gasteiger partial charge on any atom is 0.257 e. The highest BCUT2D eigenvalue weighted by molar-refractivity contribution is 6.11. The minimum Gasteiger partial charge on any atom is -0.545 e. The van der Waals surface area contributed by atoms with Crippen LogP contribution in [0.2, 0.25) is 0 Å². The molecule has 1 amide bonds. The number of nitrogen functional groups attached to an aromatic ring is 1. The van der Waals surface area contributed by atoms with E-state index in [-0.39, 0.29) is 23.5 Å². The Morgan fingerprint density at radius 2 is 1.76 bits per heavy atom. The molecule has 0 aliphatic heterocycles. The number of anilines is 1. The molecule has 4 aromatic rings. The fourth-order valence-electron chi connectivity index (χ4n) is 3.15. The van der Waals surface area contributed by atoms with Gasteiger partial charge in [0.1, 0.15) is 16.9 Å². The third kappa shape index (κ3) is 3.06. The Kier molecular flexibility index (Phi) is 4.44. The molecule has 0 aliphatic rings. The van der Waals surface area contributed by atoms with Crippen LogP contribution in [0, 0.1) is 0 Å². The van der Waals surface area contributed by atoms with Crippen molar-refractivity contribution in [3.05, 3.63) is 72.3 Å². The Balaban J connectivity index is 2.01. The number of rotatable bonds is 5. The van der Waals surface area contributed by atoms with Crippen LogP contribution < -0.4 is 16.2 Å². The van der Waals surface area contributed by atoms with Gasteiger partial charge in [0.25, 0.3) is 5.91 Å². The molecule has 0 bridgehead atoms. The Labute approximate surface area is 165 Å². The maximum atomic E-state index is 12.8. The van der Waals surface area contributed by atoms with E-state index in [1.165, 1.54) is 12.1 Å². The van der Waals surface area contributed by atoms with Crippen LogP contribution in [0.3, 0.4) is 0 Å². The van der Waals surface area contributed by atoms with E-state index in [9.17, 15) is 14.7 Å². The minimum absolute atomic E-state index is 0.0317. The number of carbonyl (C=O) groups is 2. The first-order valence-electron chi connectivity index (χ1n) is 8.79. The lowest BCUT2D eigenvalue weighted by Crippen LogP contribution is -2.24. The van der Waals surface area contributed by atoms with E-state index in [1.807, 2.05) is 18.2 Å². The van der Waals surface area contributed by atoms with Gasteiger partial charge < -0.3 is 21.0 Å². The van der Waals surface area contributed by atoms with Crippen molar-refractivity contribution < 1.29 is 14.7 Å². The smallest absolute Gasteiger partial charge is 0.257 e. The fourth-order valence-corrected chi connectivity index (χ4v) is 3.15. The van der Waals surface area contributed by atoms with Crippen molar-refractivity contribution in [1.29, 1.82) is 0 Å². The summed E-state index contributed by atoms with van der Waals surface area (Å²) in [6.07, 6.45) is 1.56. The molecule has 8 nitrogen and oxygen atoms in total. The van der Waals surface area contributed by atoms with Crippen LogP contribution in [0.4, 0.5) is 5.82 Å². The van der Waals surface area contributed by atoms with Crippen LogP contribution in [-0.2, 0) is 0 Å². The van der Waals surface area contributed by atoms with Gasteiger partial charge in [-0.15, -0.1) is 6.58 Å². The van der Waals surface area contributed by atoms with Gasteiger partial charge in [0, 0.05) is 12.2 Å². The average Bonchev–Trinajstić information content (AvgIpc) is 3.01. The molecule has 29 heavy (non-hydrogen) atoms. The predicted octanol–water partition coefficient (Wildman–Crippen LogP) is 1.44. The second-order valence-corrected chi connectivity index (χ2v) is 6.31. The predicted molar refractivity (Wildman–Crippen MR) is 108 cm³/mol. The van der Waals surface area contributed by atoms with Crippen LogP contribution in [0.25, 0.3) is 27.9 Å². The SMILES string of the molecule is C=CCNC(=O)c1c(N)n(-c2ccc(C(=O)[O-])cc2)c2nc3ccccc3nc12. The van der Waals surface area contributed by atoms with Gasteiger partial charge in [-0.2, -0.15) is 0 Å². The number of carboxylic acids is 1. The van der Waals surface area contributed by atoms with E-state index in [1.54, 1.807) is 28.8 Å². The first-order valence-corrected chi connectivity index (χ1v) is 8.79. The van der Waals surface area contributed by atoms with Gasteiger partial charge >= 0.3 is 0 Å². The van der Waals surface area contributed by atoms with E-state index in [2.05, 4.69) is 21.9 Å². The number of benzene rings is 2. The molecule has 0 saturated carbocycles. The summed E-state index contributed by atoms with van der Waals surface area (Å²) >= 11 is 0. The van der Waals surface area contributed by atoms with Gasteiger partial charge in [0.15, 0.2) is 5.65 Å². The van der Waals surface area contributed by atoms with Gasteiger partial charge in [0.05, 0.1) is 17.0 Å². The van der Waals surface area contributed by atoms with Crippen LogP contribution in [0.5, 0.6) is 0 Å². The summed E-state index contributed by atoms with van der Waals surface area (Å²) in [5, 5.41) is 13.8. The van der Waals surface area contributed by atoms with E-state index in [0.29, 0.717) is 27.9 Å². The number of aromatic carboxylic acids is 1. The van der Waals surface area contributed by atoms with Gasteiger partial charge in [-0.1, -0.05) is 30.3 Å². The molecule has 0 saturated heterocycles. The third-order valence-corrected chi connectivity index (χ3v) is 4.49. The molecule has 0 fully saturated rings. The fraction of sp³-hybridized carbons (Fsp3) is 0.0476. The van der Waals surface area contributed by atoms with Crippen LogP contribution in [0.15, 0.2) is 61.2 Å². The summed E-state index contributed by atoms with van der Waals surface area (Å²) in [5.74, 6) is -1.53. The van der Waals surface area contributed by atoms with Crippen LogP contribution in [0.1, 0.15) is 20.7 Å². The van der Waals surface area contributed by atoms with Crippen molar-refractivity contribution in [2.75, 3.05) is 12.3 Å². The molecule has 0 spiro atoms. The topological polar surface area (TPSA) is 126 Å². The van der Waals surface area contributed by atoms with Crippen LogP contribution >= 0.6 is 0 Å². The zero-order valence-corrected chi connectivity index (χ0v) is 15.3. The van der Waals surface area contributed by atoms with Crippen molar-refractivity contribution in [2.24, 2.45) is 0 Å². The van der Waals surface area contributed by atoms with Gasteiger partial charge in [0.2, 0.25) is 0 Å². The van der Waals surface area contributed by atoms with Crippen LogP contribution in [-0.4, -0.2) is 33.0 Å². The van der Waals surface area contributed by atoms with E-state index in [0.717, 1.165) is 0 Å². The van der Waals surface area contributed by atoms with Crippen molar-refractivity contribution >= 4 is 39.9 Å². The third-order valence-electron chi connectivity index (χ3n) is 4.49. The summed E-state index contributed by atoms with van der Waals surface area (Å²) in [5.41, 5.74) is 9.14. The number of nitrogens with one attached hydrogen (secondary N) is 1. The quantitative estimate of drug-likeness (QED) is 0.500. The standard InChI is InChI=1S/C21H17N5O3/c1-2-11-23-20(27)16-17-19(25-15-6-4-3-5-14(15)24-17)26(18(16)22)13-9-7-12(8-10-13)21(28)29/h2-10H,1,11,22H2,(H,23,27)(H,28,29)/p-1. The number of nitrogens with zero attached hydrogens (tertiary/aromatic N) is 3. The largest absolute Gasteiger partial charge is 0.545 e. The number of para-hydroxylation sites is 2. The molecule has 0 atom stereocenters. The molecule has 0 radical (unpaired) electrons. The highest BCUT2D eigenvalue weighted by atomic mass is 16.4. The average molecular weight is 386 g/mol. The lowest BCUT2D eigenvalue weighted by Gasteiger charge is -2.09. The number of nitrogens with two attached hydrogens (primary N) is 1. The Morgan fingerprint density at radius 3 is 2.38 bits per heavy atom. The van der Waals surface area contributed by atoms with Crippen molar-refractivity contribution in [3.8, 4) is 5.69 Å². The maximum absolute atomic E-state index is 12.8. The second kappa shape index (κ2) is 7.08. The molecule has 8 heteroatoms. The summed E-state index contributed by atoms with van der Waals surface area (Å²) in [6.45, 7) is 3.87. The summed E-state index contributed by atoms with van der Waals surface area (Å²) in [7, 11) is 0. The highest BCUT2D eigenvalue weighted by Crippen LogP contribution is 2.31. The number of hydrogen-bond acceptors (Lipinski definition) is 6. The molecular weight excluding hydrogens is 370 g/mol. The number of carboxylic acid groups (broad SMARTS) is 1. The van der Waals surface area contributed by atoms with Crippen molar-refractivity contribution in [1.82, 2.24) is 19.9 Å². The Bertz CT molecular complexity index is 1280. The molecule has 3 N–H and O–H groups in total. The lowest BCUT2D eigenvalue weighted by molar-refractivity contribution is -0.255. The number of carbonyl (C=O) groups excluding carboxylic acids is 2. The lowest BCUT2D eigenvalue weighted by atomic mass is 10.2. The van der Waals surface area contributed by atoms with Gasteiger partial charge in [-0.25, -0.2) is 9.97 Å².